The van der Waals surface area contributed by atoms with Gasteiger partial charge >= 0.3 is 12.2 Å². The predicted octanol–water partition coefficient (Wildman–Crippen LogP) is 4.70. The summed E-state index contributed by atoms with van der Waals surface area (Å²) in [6, 6.07) is 19.6. The van der Waals surface area contributed by atoms with Gasteiger partial charge in [-0.3, -0.25) is 10.6 Å². The summed E-state index contributed by atoms with van der Waals surface area (Å²) in [6.07, 6.45) is 3.40. The van der Waals surface area contributed by atoms with Crippen molar-refractivity contribution < 1.29 is 39.5 Å². The van der Waals surface area contributed by atoms with Crippen molar-refractivity contribution in [2.45, 2.75) is 0 Å². The van der Waals surface area contributed by atoms with Gasteiger partial charge in [0.2, 0.25) is 0 Å². The first kappa shape index (κ1) is 33.4. The molecule has 0 spiro atoms. The number of benzene rings is 3. The molecule has 6 N–H and O–H groups in total. The highest BCUT2D eigenvalue weighted by atomic mass is 16.6. The van der Waals surface area contributed by atoms with Crippen molar-refractivity contribution in [2.24, 2.45) is 5.18 Å². The molecule has 0 atom stereocenters. The number of ether oxygens (including phenoxy) is 2. The molecule has 12 nitrogen and oxygen atoms in total. The van der Waals surface area contributed by atoms with Crippen LogP contribution in [0.4, 0.5) is 26.7 Å². The number of hydrogen-bond acceptors (Lipinski definition) is 10. The van der Waals surface area contributed by atoms with E-state index in [1.54, 1.807) is 78.9 Å². The number of carbonyl (C=O) groups is 2. The smallest absolute Gasteiger partial charge is 0.411 e. The maximum absolute atomic E-state index is 12.5. The largest absolute Gasteiger partial charge is 0.445 e. The lowest BCUT2D eigenvalue weighted by atomic mass is 10.1. The van der Waals surface area contributed by atoms with Gasteiger partial charge in [0.1, 0.15) is 18.9 Å². The molecule has 3 rings (SSSR count). The molecular formula is C32H33N3O9. The Hall–Kier alpha value is -5.14. The van der Waals surface area contributed by atoms with Crippen LogP contribution < -0.4 is 10.6 Å². The van der Waals surface area contributed by atoms with Gasteiger partial charge in [0.05, 0.1) is 26.4 Å². The Labute approximate surface area is 253 Å². The second-order valence-electron chi connectivity index (χ2n) is 9.37. The molecule has 0 fully saturated rings. The van der Waals surface area contributed by atoms with Gasteiger partial charge in [0.15, 0.2) is 0 Å². The van der Waals surface area contributed by atoms with Gasteiger partial charge in [-0.1, -0.05) is 48.6 Å². The third kappa shape index (κ3) is 11.3. The number of nitroso groups, excluding NO2 is 1. The lowest BCUT2D eigenvalue weighted by Crippen LogP contribution is -2.19. The molecule has 0 aliphatic rings. The van der Waals surface area contributed by atoms with Crippen molar-refractivity contribution in [1.82, 2.24) is 0 Å². The van der Waals surface area contributed by atoms with Crippen LogP contribution in [0.3, 0.4) is 0 Å². The van der Waals surface area contributed by atoms with Crippen molar-refractivity contribution in [3.63, 3.8) is 0 Å². The maximum Gasteiger partial charge on any atom is 0.411 e. The second kappa shape index (κ2) is 17.7. The summed E-state index contributed by atoms with van der Waals surface area (Å²) in [5.41, 5.74) is 4.57. The average molecular weight is 604 g/mol. The summed E-state index contributed by atoms with van der Waals surface area (Å²) in [5.74, 6) is 0. The summed E-state index contributed by atoms with van der Waals surface area (Å²) < 4.78 is 10.7. The Morgan fingerprint density at radius 2 is 0.909 bits per heavy atom. The van der Waals surface area contributed by atoms with Gasteiger partial charge in [0.25, 0.3) is 0 Å². The molecule has 3 aromatic rings. The lowest BCUT2D eigenvalue weighted by molar-refractivity contribution is 0.155. The number of nitrogens with one attached hydrogen (secondary N) is 2. The number of hydrogen-bond donors (Lipinski definition) is 6. The van der Waals surface area contributed by atoms with Crippen LogP contribution >= 0.6 is 0 Å². The van der Waals surface area contributed by atoms with Crippen LogP contribution in [0.1, 0.15) is 16.7 Å². The summed E-state index contributed by atoms with van der Waals surface area (Å²) in [6.45, 7) is -1.53. The molecule has 0 bridgehead atoms. The van der Waals surface area contributed by atoms with Gasteiger partial charge < -0.3 is 29.9 Å². The van der Waals surface area contributed by atoms with Gasteiger partial charge in [-0.05, 0) is 75.5 Å². The summed E-state index contributed by atoms with van der Waals surface area (Å²) in [5, 5.41) is 44.8. The van der Waals surface area contributed by atoms with E-state index in [9.17, 15) is 34.9 Å². The molecule has 0 unspecified atom stereocenters. The molecule has 2 amide bonds. The van der Waals surface area contributed by atoms with Gasteiger partial charge in [0, 0.05) is 16.9 Å². The van der Waals surface area contributed by atoms with Crippen LogP contribution in [-0.4, -0.2) is 72.3 Å². The summed E-state index contributed by atoms with van der Waals surface area (Å²) in [7, 11) is 0. The molecule has 0 saturated carbocycles. The van der Waals surface area contributed by atoms with Gasteiger partial charge in [-0.25, -0.2) is 9.59 Å². The minimum atomic E-state index is -0.754. The quantitative estimate of drug-likeness (QED) is 0.142. The van der Waals surface area contributed by atoms with E-state index in [1.165, 1.54) is 12.1 Å². The zero-order chi connectivity index (χ0) is 31.7. The van der Waals surface area contributed by atoms with E-state index in [4.69, 9.17) is 9.47 Å². The highest BCUT2D eigenvalue weighted by molar-refractivity contribution is 5.86. The van der Waals surface area contributed by atoms with Gasteiger partial charge in [-0.2, -0.15) is 0 Å². The number of amides is 2. The van der Waals surface area contributed by atoms with Crippen molar-refractivity contribution >= 4 is 47.5 Å². The van der Waals surface area contributed by atoms with Crippen molar-refractivity contribution in [3.05, 3.63) is 111 Å². The van der Waals surface area contributed by atoms with Gasteiger partial charge in [-0.15, -0.1) is 4.91 Å². The predicted molar refractivity (Wildman–Crippen MR) is 167 cm³/mol. The average Bonchev–Trinajstić information content (AvgIpc) is 3.05. The number of rotatable bonds is 14. The number of aliphatic hydroxyl groups is 4. The first-order chi connectivity index (χ1) is 21.3. The maximum atomic E-state index is 12.5. The van der Waals surface area contributed by atoms with E-state index >= 15 is 0 Å². The van der Waals surface area contributed by atoms with Crippen molar-refractivity contribution in [1.29, 1.82) is 0 Å². The van der Waals surface area contributed by atoms with Crippen LogP contribution in [0.5, 0.6) is 0 Å². The van der Waals surface area contributed by atoms with E-state index in [2.05, 4.69) is 15.8 Å². The molecule has 3 aromatic carbocycles. The third-order valence-corrected chi connectivity index (χ3v) is 6.01. The first-order valence-corrected chi connectivity index (χ1v) is 13.4. The minimum absolute atomic E-state index is 0.219. The SMILES string of the molecule is O=Nc1ccc(C=C(COC(=O)Nc2ccc(C=C(CO)CO)cc2)COC(=O)Nc2ccc(C=C(CO)CO)cc2)cc1. The minimum Gasteiger partial charge on any atom is -0.445 e. The Morgan fingerprint density at radius 3 is 1.25 bits per heavy atom. The fourth-order valence-electron chi connectivity index (χ4n) is 3.70. The lowest BCUT2D eigenvalue weighted by Gasteiger charge is -2.12. The molecule has 230 valence electrons. The monoisotopic (exact) mass is 603 g/mol. The Morgan fingerprint density at radius 1 is 0.568 bits per heavy atom. The molecular weight excluding hydrogens is 570 g/mol. The first-order valence-electron chi connectivity index (χ1n) is 13.4. The molecule has 0 aromatic heterocycles. The van der Waals surface area contributed by atoms with Crippen molar-refractivity contribution in [3.8, 4) is 0 Å². The highest BCUT2D eigenvalue weighted by Gasteiger charge is 2.10. The molecule has 0 aliphatic heterocycles. The zero-order valence-electron chi connectivity index (χ0n) is 23.7. The van der Waals surface area contributed by atoms with E-state index in [0.29, 0.717) is 33.7 Å². The van der Waals surface area contributed by atoms with E-state index < -0.39 is 12.2 Å². The topological polar surface area (TPSA) is 187 Å². The van der Waals surface area contributed by atoms with E-state index in [-0.39, 0.29) is 45.3 Å². The number of carbonyl (C=O) groups excluding carboxylic acids is 2. The summed E-state index contributed by atoms with van der Waals surface area (Å²) in [4.78, 5) is 35.7. The Bertz CT molecular complexity index is 1380. The number of nitrogens with zero attached hydrogens (tertiary/aromatic N) is 1. The Balaban J connectivity index is 1.62. The van der Waals surface area contributed by atoms with E-state index in [0.717, 1.165) is 11.1 Å². The van der Waals surface area contributed by atoms with Crippen molar-refractivity contribution in [2.75, 3.05) is 50.3 Å². The molecule has 0 saturated heterocycles. The number of anilines is 2. The zero-order valence-corrected chi connectivity index (χ0v) is 23.7. The van der Waals surface area contributed by atoms with E-state index in [1.807, 2.05) is 0 Å². The fraction of sp³-hybridized carbons (Fsp3) is 0.188. The molecule has 0 heterocycles. The normalized spacial score (nSPS) is 10.2. The standard InChI is InChI=1S/C32H33N3O9/c36-16-25(17-37)13-22-1-7-28(8-2-22)33-31(40)43-20-27(15-24-5-11-30(35-42)12-6-24)21-44-32(41)34-29-9-3-23(4-10-29)14-26(18-38)19-39/h1-15,36-39H,16-21H2,(H,33,40)(H,34,41). The number of aliphatic hydroxyl groups excluding tert-OH is 4. The third-order valence-electron chi connectivity index (χ3n) is 6.01. The highest BCUT2D eigenvalue weighted by Crippen LogP contribution is 2.17. The van der Waals surface area contributed by atoms with Crippen LogP contribution in [0.25, 0.3) is 18.2 Å². The molecule has 12 heteroatoms. The molecule has 0 radical (unpaired) electrons. The van der Waals surface area contributed by atoms with Crippen LogP contribution in [-0.2, 0) is 9.47 Å². The Kier molecular flexibility index (Phi) is 13.4. The molecule has 44 heavy (non-hydrogen) atoms. The van der Waals surface area contributed by atoms with Crippen LogP contribution in [0, 0.1) is 4.91 Å². The van der Waals surface area contributed by atoms with Crippen LogP contribution in [0.15, 0.2) is 94.7 Å². The summed E-state index contributed by atoms with van der Waals surface area (Å²) >= 11 is 0. The molecule has 0 aliphatic carbocycles. The fourth-order valence-corrected chi connectivity index (χ4v) is 3.70. The second-order valence-corrected chi connectivity index (χ2v) is 9.37. The van der Waals surface area contributed by atoms with Crippen LogP contribution in [0.2, 0.25) is 0 Å².